The highest BCUT2D eigenvalue weighted by molar-refractivity contribution is 5.84. The second-order valence-corrected chi connectivity index (χ2v) is 6.90. The summed E-state index contributed by atoms with van der Waals surface area (Å²) in [4.78, 5) is 11.4. The summed E-state index contributed by atoms with van der Waals surface area (Å²) in [5.41, 5.74) is 2.28. The lowest BCUT2D eigenvalue weighted by atomic mass is 10.0. The number of hydrogen-bond donors (Lipinski definition) is 0. The molecule has 4 rings (SSSR count). The summed E-state index contributed by atoms with van der Waals surface area (Å²) in [6.45, 7) is 6.41. The highest BCUT2D eigenvalue weighted by Crippen LogP contribution is 2.29. The third kappa shape index (κ3) is 3.74. The Kier molecular flexibility index (Phi) is 4.94. The molecule has 0 amide bonds. The Morgan fingerprint density at radius 2 is 1.93 bits per heavy atom. The van der Waals surface area contributed by atoms with E-state index in [1.54, 1.807) is 7.11 Å². The molecule has 0 radical (unpaired) electrons. The van der Waals surface area contributed by atoms with E-state index in [2.05, 4.69) is 58.2 Å². The molecule has 1 aromatic heterocycles. The van der Waals surface area contributed by atoms with E-state index < -0.39 is 0 Å². The van der Waals surface area contributed by atoms with Crippen molar-refractivity contribution >= 4 is 16.6 Å². The second kappa shape index (κ2) is 7.53. The van der Waals surface area contributed by atoms with Gasteiger partial charge >= 0.3 is 0 Å². The van der Waals surface area contributed by atoms with Crippen molar-refractivity contribution in [2.24, 2.45) is 0 Å². The summed E-state index contributed by atoms with van der Waals surface area (Å²) in [6.07, 6.45) is 0.948. The highest BCUT2D eigenvalue weighted by atomic mass is 16.5. The van der Waals surface area contributed by atoms with Gasteiger partial charge in [-0.15, -0.1) is 0 Å². The van der Waals surface area contributed by atoms with Gasteiger partial charge in [0.1, 0.15) is 23.5 Å². The maximum atomic E-state index is 6.09. The Hall–Kier alpha value is -2.66. The maximum Gasteiger partial charge on any atom is 0.132 e. The van der Waals surface area contributed by atoms with E-state index in [0.717, 1.165) is 42.6 Å². The van der Waals surface area contributed by atoms with Crippen LogP contribution >= 0.6 is 0 Å². The van der Waals surface area contributed by atoms with Gasteiger partial charge in [0.05, 0.1) is 13.7 Å². The number of methoxy groups -OCH3 is 1. The molecular weight excluding hydrogens is 338 g/mol. The summed E-state index contributed by atoms with van der Waals surface area (Å²) in [7, 11) is 1.69. The normalized spacial score (nSPS) is 17.3. The van der Waals surface area contributed by atoms with Crippen LogP contribution in [0.2, 0.25) is 0 Å². The zero-order valence-corrected chi connectivity index (χ0v) is 16.1. The fraction of sp³-hybridized carbons (Fsp3) is 0.364. The van der Waals surface area contributed by atoms with E-state index in [9.17, 15) is 0 Å². The number of aromatic nitrogens is 2. The van der Waals surface area contributed by atoms with Crippen molar-refractivity contribution in [3.8, 4) is 5.75 Å². The summed E-state index contributed by atoms with van der Waals surface area (Å²) >= 11 is 0. The molecule has 27 heavy (non-hydrogen) atoms. The van der Waals surface area contributed by atoms with Gasteiger partial charge in [-0.3, -0.25) is 0 Å². The molecule has 0 spiro atoms. The smallest absolute Gasteiger partial charge is 0.132 e. The molecule has 0 unspecified atom stereocenters. The summed E-state index contributed by atoms with van der Waals surface area (Å²) in [6, 6.07) is 14.8. The summed E-state index contributed by atoms with van der Waals surface area (Å²) in [5, 5.41) is 2.37. The molecule has 1 aliphatic rings. The molecule has 1 atom stereocenters. The highest BCUT2D eigenvalue weighted by Gasteiger charge is 2.23. The van der Waals surface area contributed by atoms with Gasteiger partial charge in [0, 0.05) is 24.8 Å². The molecule has 1 fully saturated rings. The predicted octanol–water partition coefficient (Wildman–Crippen LogP) is 4.09. The molecule has 140 valence electrons. The second-order valence-electron chi connectivity index (χ2n) is 6.90. The average molecular weight is 363 g/mol. The third-order valence-electron chi connectivity index (χ3n) is 5.07. The van der Waals surface area contributed by atoms with E-state index >= 15 is 0 Å². The third-order valence-corrected chi connectivity index (χ3v) is 5.07. The van der Waals surface area contributed by atoms with Crippen LogP contribution < -0.4 is 9.64 Å². The Bertz CT molecular complexity index is 957. The minimum absolute atomic E-state index is 0.0330. The van der Waals surface area contributed by atoms with E-state index in [4.69, 9.17) is 9.47 Å². The van der Waals surface area contributed by atoms with Crippen LogP contribution in [0, 0.1) is 6.92 Å². The standard InChI is InChI=1S/C22H25N3O2/c1-4-19-13-22(24-15(2)23-19)25-9-10-27-21(14-25)18-6-5-17-12-20(26-3)8-7-16(17)11-18/h5-8,11-13,21H,4,9-10,14H2,1-3H3/t21-/m1/s1. The topological polar surface area (TPSA) is 47.5 Å². The summed E-state index contributed by atoms with van der Waals surface area (Å²) < 4.78 is 11.4. The largest absolute Gasteiger partial charge is 0.497 e. The number of ether oxygens (including phenoxy) is 2. The van der Waals surface area contributed by atoms with Crippen molar-refractivity contribution in [2.75, 3.05) is 31.7 Å². The first-order valence-corrected chi connectivity index (χ1v) is 9.45. The average Bonchev–Trinajstić information content (AvgIpc) is 2.72. The Balaban J connectivity index is 1.59. The number of rotatable bonds is 4. The van der Waals surface area contributed by atoms with Crippen molar-refractivity contribution in [1.29, 1.82) is 0 Å². The fourth-order valence-electron chi connectivity index (χ4n) is 3.58. The molecular formula is C22H25N3O2. The first-order valence-electron chi connectivity index (χ1n) is 9.45. The van der Waals surface area contributed by atoms with Crippen molar-refractivity contribution < 1.29 is 9.47 Å². The molecule has 0 N–H and O–H groups in total. The predicted molar refractivity (Wildman–Crippen MR) is 108 cm³/mol. The number of anilines is 1. The molecule has 1 aliphatic heterocycles. The van der Waals surface area contributed by atoms with Gasteiger partial charge in [-0.2, -0.15) is 0 Å². The van der Waals surface area contributed by atoms with Gasteiger partial charge in [-0.1, -0.05) is 25.1 Å². The monoisotopic (exact) mass is 363 g/mol. The minimum Gasteiger partial charge on any atom is -0.497 e. The Morgan fingerprint density at radius 1 is 1.11 bits per heavy atom. The number of nitrogens with zero attached hydrogens (tertiary/aromatic N) is 3. The van der Waals surface area contributed by atoms with Gasteiger partial charge in [0.25, 0.3) is 0 Å². The molecule has 5 heteroatoms. The number of morpholine rings is 1. The van der Waals surface area contributed by atoms with Gasteiger partial charge in [0.2, 0.25) is 0 Å². The quantitative estimate of drug-likeness (QED) is 0.699. The minimum atomic E-state index is 0.0330. The van der Waals surface area contributed by atoms with Crippen LogP contribution in [-0.2, 0) is 11.2 Å². The van der Waals surface area contributed by atoms with Crippen molar-refractivity contribution in [3.05, 3.63) is 59.5 Å². The lowest BCUT2D eigenvalue weighted by Crippen LogP contribution is -2.39. The van der Waals surface area contributed by atoms with Gasteiger partial charge in [0.15, 0.2) is 0 Å². The summed E-state index contributed by atoms with van der Waals surface area (Å²) in [5.74, 6) is 2.70. The Labute approximate surface area is 160 Å². The zero-order chi connectivity index (χ0) is 18.8. The lowest BCUT2D eigenvalue weighted by Gasteiger charge is -2.34. The molecule has 2 aromatic carbocycles. The maximum absolute atomic E-state index is 6.09. The fourth-order valence-corrected chi connectivity index (χ4v) is 3.58. The van der Waals surface area contributed by atoms with Crippen LogP contribution in [0.1, 0.15) is 30.1 Å². The molecule has 3 aromatic rings. The van der Waals surface area contributed by atoms with E-state index in [1.807, 2.05) is 13.0 Å². The molecule has 1 saturated heterocycles. The van der Waals surface area contributed by atoms with E-state index in [1.165, 1.54) is 16.3 Å². The number of aryl methyl sites for hydroxylation is 2. The van der Waals surface area contributed by atoms with Crippen molar-refractivity contribution in [1.82, 2.24) is 9.97 Å². The van der Waals surface area contributed by atoms with Crippen LogP contribution in [0.5, 0.6) is 5.75 Å². The van der Waals surface area contributed by atoms with Crippen LogP contribution in [0.15, 0.2) is 42.5 Å². The van der Waals surface area contributed by atoms with Crippen LogP contribution in [0.3, 0.4) is 0 Å². The molecule has 0 saturated carbocycles. The molecule has 0 bridgehead atoms. The van der Waals surface area contributed by atoms with Crippen molar-refractivity contribution in [3.63, 3.8) is 0 Å². The van der Waals surface area contributed by atoms with E-state index in [0.29, 0.717) is 6.61 Å². The number of fused-ring (bicyclic) bond motifs is 1. The molecule has 5 nitrogen and oxygen atoms in total. The first kappa shape index (κ1) is 17.7. The SMILES string of the molecule is CCc1cc(N2CCO[C@@H](c3ccc4cc(OC)ccc4c3)C2)nc(C)n1. The van der Waals surface area contributed by atoms with Crippen LogP contribution in [0.25, 0.3) is 10.8 Å². The zero-order valence-electron chi connectivity index (χ0n) is 16.1. The number of hydrogen-bond acceptors (Lipinski definition) is 5. The van der Waals surface area contributed by atoms with Crippen LogP contribution in [0.4, 0.5) is 5.82 Å². The van der Waals surface area contributed by atoms with E-state index in [-0.39, 0.29) is 6.10 Å². The Morgan fingerprint density at radius 3 is 2.74 bits per heavy atom. The van der Waals surface area contributed by atoms with Crippen LogP contribution in [-0.4, -0.2) is 36.8 Å². The van der Waals surface area contributed by atoms with Crippen molar-refractivity contribution in [2.45, 2.75) is 26.4 Å². The number of benzene rings is 2. The molecule has 0 aliphatic carbocycles. The van der Waals surface area contributed by atoms with Gasteiger partial charge in [-0.05, 0) is 47.9 Å². The molecule has 2 heterocycles. The first-order chi connectivity index (χ1) is 13.2. The lowest BCUT2D eigenvalue weighted by molar-refractivity contribution is 0.0396. The van der Waals surface area contributed by atoms with Gasteiger partial charge in [-0.25, -0.2) is 9.97 Å². The van der Waals surface area contributed by atoms with Gasteiger partial charge < -0.3 is 14.4 Å².